The lowest BCUT2D eigenvalue weighted by atomic mass is 10.2. The van der Waals surface area contributed by atoms with E-state index in [-0.39, 0.29) is 5.69 Å². The topological polar surface area (TPSA) is 84.7 Å². The summed E-state index contributed by atoms with van der Waals surface area (Å²) in [6, 6.07) is 9.00. The number of halogens is 1. The Labute approximate surface area is 115 Å². The molecule has 3 aromatic rings. The Hall–Kier alpha value is -2.28. The summed E-state index contributed by atoms with van der Waals surface area (Å²) in [6.45, 7) is 0. The molecule has 7 heteroatoms. The average Bonchev–Trinajstić information content (AvgIpc) is 2.81. The first-order valence-electron chi connectivity index (χ1n) is 5.40. The summed E-state index contributed by atoms with van der Waals surface area (Å²) in [6.07, 6.45) is 1.21. The van der Waals surface area contributed by atoms with Crippen LogP contribution in [-0.4, -0.2) is 19.9 Å². The van der Waals surface area contributed by atoms with Gasteiger partial charge in [0.1, 0.15) is 17.5 Å². The SMILES string of the molecule is O=[N+]([O-])c1cnc2[nH]c(-c3ccccc3Br)nc2c1. The predicted octanol–water partition coefficient (Wildman–Crippen LogP) is 3.30. The van der Waals surface area contributed by atoms with E-state index in [2.05, 4.69) is 30.9 Å². The first-order chi connectivity index (χ1) is 9.15. The van der Waals surface area contributed by atoms with E-state index >= 15 is 0 Å². The van der Waals surface area contributed by atoms with E-state index in [1.807, 2.05) is 24.3 Å². The van der Waals surface area contributed by atoms with Crippen LogP contribution in [0.15, 0.2) is 41.0 Å². The number of hydrogen-bond acceptors (Lipinski definition) is 4. The van der Waals surface area contributed by atoms with E-state index in [0.717, 1.165) is 10.0 Å². The highest BCUT2D eigenvalue weighted by molar-refractivity contribution is 9.10. The van der Waals surface area contributed by atoms with Crippen LogP contribution in [0, 0.1) is 10.1 Å². The molecular weight excluding hydrogens is 312 g/mol. The summed E-state index contributed by atoms with van der Waals surface area (Å²) < 4.78 is 0.892. The molecule has 0 amide bonds. The molecule has 0 aliphatic carbocycles. The van der Waals surface area contributed by atoms with Crippen molar-refractivity contribution < 1.29 is 4.92 Å². The van der Waals surface area contributed by atoms with E-state index < -0.39 is 4.92 Å². The fraction of sp³-hybridized carbons (Fsp3) is 0. The average molecular weight is 319 g/mol. The van der Waals surface area contributed by atoms with Gasteiger partial charge in [0.25, 0.3) is 5.69 Å². The van der Waals surface area contributed by atoms with Gasteiger partial charge in [-0.2, -0.15) is 0 Å². The number of aromatic amines is 1. The van der Waals surface area contributed by atoms with Crippen LogP contribution in [0.2, 0.25) is 0 Å². The van der Waals surface area contributed by atoms with Gasteiger partial charge >= 0.3 is 0 Å². The maximum Gasteiger partial charge on any atom is 0.289 e. The van der Waals surface area contributed by atoms with Gasteiger partial charge in [0.2, 0.25) is 0 Å². The van der Waals surface area contributed by atoms with Crippen LogP contribution in [0.25, 0.3) is 22.6 Å². The van der Waals surface area contributed by atoms with E-state index in [4.69, 9.17) is 0 Å². The van der Waals surface area contributed by atoms with Gasteiger partial charge in [-0.1, -0.05) is 34.1 Å². The summed E-state index contributed by atoms with van der Waals surface area (Å²) >= 11 is 3.44. The number of rotatable bonds is 2. The van der Waals surface area contributed by atoms with Gasteiger partial charge in [-0.05, 0) is 6.07 Å². The zero-order chi connectivity index (χ0) is 13.4. The molecule has 0 atom stereocenters. The molecule has 1 N–H and O–H groups in total. The van der Waals surface area contributed by atoms with E-state index in [9.17, 15) is 10.1 Å². The van der Waals surface area contributed by atoms with Crippen molar-refractivity contribution in [1.29, 1.82) is 0 Å². The smallest absolute Gasteiger partial charge is 0.289 e. The minimum Gasteiger partial charge on any atom is -0.323 e. The molecule has 0 saturated carbocycles. The molecule has 6 nitrogen and oxygen atoms in total. The molecule has 0 fully saturated rings. The van der Waals surface area contributed by atoms with Crippen LogP contribution in [-0.2, 0) is 0 Å². The molecule has 1 aromatic carbocycles. The van der Waals surface area contributed by atoms with Crippen LogP contribution in [0.3, 0.4) is 0 Å². The quantitative estimate of drug-likeness (QED) is 0.580. The molecule has 2 aromatic heterocycles. The Bertz CT molecular complexity index is 784. The molecule has 0 unspecified atom stereocenters. The fourth-order valence-electron chi connectivity index (χ4n) is 1.77. The lowest BCUT2D eigenvalue weighted by molar-refractivity contribution is -0.385. The van der Waals surface area contributed by atoms with Gasteiger partial charge in [0, 0.05) is 16.1 Å². The Morgan fingerprint density at radius 1 is 1.32 bits per heavy atom. The molecule has 0 spiro atoms. The van der Waals surface area contributed by atoms with Crippen molar-refractivity contribution in [1.82, 2.24) is 15.0 Å². The molecule has 2 heterocycles. The van der Waals surface area contributed by atoms with Gasteiger partial charge in [-0.3, -0.25) is 10.1 Å². The highest BCUT2D eigenvalue weighted by atomic mass is 79.9. The van der Waals surface area contributed by atoms with Gasteiger partial charge in [0.15, 0.2) is 5.65 Å². The largest absolute Gasteiger partial charge is 0.323 e. The molecule has 3 rings (SSSR count). The van der Waals surface area contributed by atoms with Crippen LogP contribution in [0.4, 0.5) is 5.69 Å². The third-order valence-corrected chi connectivity index (χ3v) is 3.35. The zero-order valence-corrected chi connectivity index (χ0v) is 11.1. The Balaban J connectivity index is 2.17. The maximum absolute atomic E-state index is 10.7. The van der Waals surface area contributed by atoms with E-state index in [1.54, 1.807) is 0 Å². The number of nitro groups is 1. The molecule has 0 aliphatic heterocycles. The van der Waals surface area contributed by atoms with Crippen molar-refractivity contribution in [2.24, 2.45) is 0 Å². The lowest BCUT2D eigenvalue weighted by Gasteiger charge is -1.98. The highest BCUT2D eigenvalue weighted by Crippen LogP contribution is 2.27. The molecule has 0 radical (unpaired) electrons. The van der Waals surface area contributed by atoms with Crippen LogP contribution in [0.1, 0.15) is 0 Å². The number of pyridine rings is 1. The maximum atomic E-state index is 10.7. The normalized spacial score (nSPS) is 10.8. The standard InChI is InChI=1S/C12H7BrN4O2/c13-9-4-2-1-3-8(9)11-15-10-5-7(17(18)19)6-14-12(10)16-11/h1-6H,(H,14,15,16). The highest BCUT2D eigenvalue weighted by Gasteiger charge is 2.12. The number of imidazole rings is 1. The molecular formula is C12H7BrN4O2. The van der Waals surface area contributed by atoms with Crippen molar-refractivity contribution in [2.75, 3.05) is 0 Å². The number of fused-ring (bicyclic) bond motifs is 1. The fourth-order valence-corrected chi connectivity index (χ4v) is 2.24. The lowest BCUT2D eigenvalue weighted by Crippen LogP contribution is -1.88. The van der Waals surface area contributed by atoms with Gasteiger partial charge in [-0.25, -0.2) is 9.97 Å². The third kappa shape index (κ3) is 2.08. The van der Waals surface area contributed by atoms with Gasteiger partial charge in [0.05, 0.1) is 4.92 Å². The molecule has 94 valence electrons. The monoisotopic (exact) mass is 318 g/mol. The molecule has 0 bridgehead atoms. The molecule has 0 saturated heterocycles. The van der Waals surface area contributed by atoms with Crippen molar-refractivity contribution in [3.8, 4) is 11.4 Å². The Morgan fingerprint density at radius 3 is 2.84 bits per heavy atom. The second kappa shape index (κ2) is 4.43. The van der Waals surface area contributed by atoms with E-state index in [1.165, 1.54) is 12.3 Å². The number of aromatic nitrogens is 3. The number of hydrogen-bond donors (Lipinski definition) is 1. The summed E-state index contributed by atoms with van der Waals surface area (Å²) in [5.74, 6) is 0.621. The Morgan fingerprint density at radius 2 is 2.11 bits per heavy atom. The first kappa shape index (κ1) is 11.8. The first-order valence-corrected chi connectivity index (χ1v) is 6.19. The van der Waals surface area contributed by atoms with E-state index in [0.29, 0.717) is 17.0 Å². The van der Waals surface area contributed by atoms with Gasteiger partial charge < -0.3 is 4.98 Å². The second-order valence-electron chi connectivity index (χ2n) is 3.88. The summed E-state index contributed by atoms with van der Waals surface area (Å²) in [4.78, 5) is 21.6. The number of H-pyrrole nitrogens is 1. The molecule has 0 aliphatic rings. The third-order valence-electron chi connectivity index (χ3n) is 2.66. The number of nitrogens with zero attached hydrogens (tertiary/aromatic N) is 3. The van der Waals surface area contributed by atoms with Crippen LogP contribution >= 0.6 is 15.9 Å². The van der Waals surface area contributed by atoms with Crippen molar-refractivity contribution >= 4 is 32.8 Å². The molecule has 19 heavy (non-hydrogen) atoms. The number of benzene rings is 1. The summed E-state index contributed by atoms with van der Waals surface area (Å²) in [5.41, 5.74) is 1.80. The zero-order valence-electron chi connectivity index (χ0n) is 9.50. The van der Waals surface area contributed by atoms with Crippen molar-refractivity contribution in [3.63, 3.8) is 0 Å². The Kier molecular flexibility index (Phi) is 2.75. The summed E-state index contributed by atoms with van der Waals surface area (Å²) in [7, 11) is 0. The number of nitrogens with one attached hydrogen (secondary N) is 1. The van der Waals surface area contributed by atoms with Crippen molar-refractivity contribution in [3.05, 3.63) is 51.1 Å². The predicted molar refractivity (Wildman–Crippen MR) is 73.7 cm³/mol. The van der Waals surface area contributed by atoms with Crippen LogP contribution in [0.5, 0.6) is 0 Å². The second-order valence-corrected chi connectivity index (χ2v) is 4.74. The minimum absolute atomic E-state index is 0.0716. The minimum atomic E-state index is -0.487. The van der Waals surface area contributed by atoms with Gasteiger partial charge in [-0.15, -0.1) is 0 Å². The van der Waals surface area contributed by atoms with Crippen LogP contribution < -0.4 is 0 Å². The van der Waals surface area contributed by atoms with Crippen molar-refractivity contribution in [2.45, 2.75) is 0 Å². The summed E-state index contributed by atoms with van der Waals surface area (Å²) in [5, 5.41) is 10.7.